The van der Waals surface area contributed by atoms with Gasteiger partial charge in [0.2, 0.25) is 5.91 Å². The first-order valence-electron chi connectivity index (χ1n) is 10.7. The molecule has 0 saturated carbocycles. The van der Waals surface area contributed by atoms with Crippen molar-refractivity contribution in [2.75, 3.05) is 45.2 Å². The third-order valence-corrected chi connectivity index (χ3v) is 5.59. The van der Waals surface area contributed by atoms with Crippen LogP contribution in [-0.2, 0) is 11.3 Å². The Bertz CT molecular complexity index is 878. The number of amides is 3. The topological polar surface area (TPSA) is 73.9 Å². The van der Waals surface area contributed by atoms with Crippen LogP contribution in [-0.4, -0.2) is 61.6 Å². The maximum atomic E-state index is 12.6. The number of carbonyl (C=O) groups excluding carboxylic acids is 2. The van der Waals surface area contributed by atoms with Gasteiger partial charge in [0.25, 0.3) is 0 Å². The van der Waals surface area contributed by atoms with Crippen molar-refractivity contribution in [2.24, 2.45) is 0 Å². The van der Waals surface area contributed by atoms with E-state index in [-0.39, 0.29) is 11.9 Å². The first kappa shape index (κ1) is 22.6. The van der Waals surface area contributed by atoms with Crippen LogP contribution < -0.4 is 15.4 Å². The Balaban J connectivity index is 1.45. The molecule has 0 atom stereocenters. The van der Waals surface area contributed by atoms with Crippen LogP contribution >= 0.6 is 0 Å². The number of carbonyl (C=O) groups is 2. The monoisotopic (exact) mass is 424 g/mol. The van der Waals surface area contributed by atoms with Gasteiger partial charge in [-0.2, -0.15) is 0 Å². The molecule has 0 aromatic heterocycles. The van der Waals surface area contributed by atoms with Crippen LogP contribution in [0.3, 0.4) is 0 Å². The van der Waals surface area contributed by atoms with Crippen molar-refractivity contribution >= 4 is 17.6 Å². The summed E-state index contributed by atoms with van der Waals surface area (Å²) in [6.45, 7) is 7.55. The fourth-order valence-electron chi connectivity index (χ4n) is 3.76. The minimum absolute atomic E-state index is 0.0187. The molecule has 0 radical (unpaired) electrons. The van der Waals surface area contributed by atoms with Gasteiger partial charge in [-0.1, -0.05) is 30.3 Å². The molecule has 0 unspecified atom stereocenters. The van der Waals surface area contributed by atoms with E-state index in [1.807, 2.05) is 61.2 Å². The number of nitrogens with one attached hydrogen (secondary N) is 2. The van der Waals surface area contributed by atoms with Gasteiger partial charge < -0.3 is 20.3 Å². The quantitative estimate of drug-likeness (QED) is 0.747. The molecule has 1 heterocycles. The summed E-state index contributed by atoms with van der Waals surface area (Å²) in [7, 11) is 1.63. The van der Waals surface area contributed by atoms with E-state index < -0.39 is 0 Å². The Kier molecular flexibility index (Phi) is 7.89. The molecule has 1 fully saturated rings. The maximum Gasteiger partial charge on any atom is 0.317 e. The van der Waals surface area contributed by atoms with Gasteiger partial charge in [0.15, 0.2) is 0 Å². The summed E-state index contributed by atoms with van der Waals surface area (Å²) in [6, 6.07) is 13.6. The fourth-order valence-corrected chi connectivity index (χ4v) is 3.76. The minimum atomic E-state index is -0.0716. The van der Waals surface area contributed by atoms with E-state index in [1.165, 1.54) is 0 Å². The zero-order valence-electron chi connectivity index (χ0n) is 18.6. The molecule has 7 heteroatoms. The highest BCUT2D eigenvalue weighted by molar-refractivity contribution is 5.93. The zero-order valence-corrected chi connectivity index (χ0v) is 18.6. The predicted molar refractivity (Wildman–Crippen MR) is 122 cm³/mol. The van der Waals surface area contributed by atoms with Crippen molar-refractivity contribution in [2.45, 2.75) is 26.8 Å². The number of rotatable bonds is 6. The Labute approximate surface area is 184 Å². The van der Waals surface area contributed by atoms with Gasteiger partial charge in [-0.25, -0.2) is 4.79 Å². The molecular weight excluding hydrogens is 392 g/mol. The number of methoxy groups -OCH3 is 1. The van der Waals surface area contributed by atoms with E-state index in [1.54, 1.807) is 7.11 Å². The average Bonchev–Trinajstić information content (AvgIpc) is 3.00. The summed E-state index contributed by atoms with van der Waals surface area (Å²) in [6.07, 6.45) is 0.840. The predicted octanol–water partition coefficient (Wildman–Crippen LogP) is 3.17. The molecule has 3 amide bonds. The van der Waals surface area contributed by atoms with Crippen LogP contribution in [0.25, 0.3) is 0 Å². The number of para-hydroxylation sites is 1. The molecule has 0 spiro atoms. The SMILES string of the molecule is COc1ccc(CNC(=O)N2CCCN(CC(=O)Nc3c(C)cccc3C)CC2)cc1. The molecule has 1 saturated heterocycles. The lowest BCUT2D eigenvalue weighted by atomic mass is 10.1. The molecule has 2 aromatic rings. The van der Waals surface area contributed by atoms with Crippen LogP contribution in [0.2, 0.25) is 0 Å². The first-order chi connectivity index (χ1) is 15.0. The summed E-state index contributed by atoms with van der Waals surface area (Å²) in [4.78, 5) is 29.1. The Morgan fingerprint density at radius 3 is 2.35 bits per heavy atom. The molecule has 0 aliphatic carbocycles. The number of hydrogen-bond acceptors (Lipinski definition) is 4. The fraction of sp³-hybridized carbons (Fsp3) is 0.417. The lowest BCUT2D eigenvalue weighted by Gasteiger charge is -2.22. The number of hydrogen-bond donors (Lipinski definition) is 2. The lowest BCUT2D eigenvalue weighted by Crippen LogP contribution is -2.42. The van der Waals surface area contributed by atoms with Crippen molar-refractivity contribution in [3.05, 3.63) is 59.2 Å². The van der Waals surface area contributed by atoms with Gasteiger partial charge in [0.1, 0.15) is 5.75 Å². The van der Waals surface area contributed by atoms with E-state index in [9.17, 15) is 9.59 Å². The summed E-state index contributed by atoms with van der Waals surface area (Å²) in [5, 5.41) is 6.03. The van der Waals surface area contributed by atoms with Crippen molar-refractivity contribution in [3.8, 4) is 5.75 Å². The van der Waals surface area contributed by atoms with Gasteiger partial charge >= 0.3 is 6.03 Å². The van der Waals surface area contributed by atoms with Crippen LogP contribution in [0.4, 0.5) is 10.5 Å². The van der Waals surface area contributed by atoms with Crippen LogP contribution in [0.5, 0.6) is 5.75 Å². The molecular formula is C24H32N4O3. The number of anilines is 1. The summed E-state index contributed by atoms with van der Waals surface area (Å²) >= 11 is 0. The highest BCUT2D eigenvalue weighted by Crippen LogP contribution is 2.19. The standard InChI is InChI=1S/C24H32N4O3/c1-18-6-4-7-19(2)23(18)26-22(29)17-27-12-5-13-28(15-14-27)24(30)25-16-20-8-10-21(31-3)11-9-20/h4,6-11H,5,12-17H2,1-3H3,(H,25,30)(H,26,29). The molecule has 2 aromatic carbocycles. The average molecular weight is 425 g/mol. The van der Waals surface area contributed by atoms with Gasteiger partial charge in [0, 0.05) is 38.4 Å². The summed E-state index contributed by atoms with van der Waals surface area (Å²) in [5.74, 6) is 0.777. The van der Waals surface area contributed by atoms with Gasteiger partial charge in [-0.15, -0.1) is 0 Å². The number of nitrogens with zero attached hydrogens (tertiary/aromatic N) is 2. The Morgan fingerprint density at radius 2 is 1.68 bits per heavy atom. The highest BCUT2D eigenvalue weighted by atomic mass is 16.5. The zero-order chi connectivity index (χ0) is 22.2. The van der Waals surface area contributed by atoms with Gasteiger partial charge in [-0.05, 0) is 49.1 Å². The van der Waals surface area contributed by atoms with Gasteiger partial charge in [0.05, 0.1) is 13.7 Å². The van der Waals surface area contributed by atoms with E-state index >= 15 is 0 Å². The Morgan fingerprint density at radius 1 is 0.968 bits per heavy atom. The summed E-state index contributed by atoms with van der Waals surface area (Å²) < 4.78 is 5.16. The largest absolute Gasteiger partial charge is 0.497 e. The van der Waals surface area contributed by atoms with E-state index in [4.69, 9.17) is 4.74 Å². The molecule has 1 aliphatic heterocycles. The number of benzene rings is 2. The van der Waals surface area contributed by atoms with Crippen molar-refractivity contribution in [1.82, 2.24) is 15.1 Å². The van der Waals surface area contributed by atoms with E-state index in [0.717, 1.165) is 41.1 Å². The highest BCUT2D eigenvalue weighted by Gasteiger charge is 2.20. The normalized spacial score (nSPS) is 14.6. The van der Waals surface area contributed by atoms with Crippen LogP contribution in [0, 0.1) is 13.8 Å². The number of urea groups is 1. The van der Waals surface area contributed by atoms with E-state index in [0.29, 0.717) is 32.7 Å². The lowest BCUT2D eigenvalue weighted by molar-refractivity contribution is -0.117. The number of ether oxygens (including phenoxy) is 1. The Hall–Kier alpha value is -3.06. The van der Waals surface area contributed by atoms with Gasteiger partial charge in [-0.3, -0.25) is 9.69 Å². The first-order valence-corrected chi connectivity index (χ1v) is 10.7. The van der Waals surface area contributed by atoms with Crippen LogP contribution in [0.1, 0.15) is 23.1 Å². The second-order valence-corrected chi connectivity index (χ2v) is 7.94. The molecule has 31 heavy (non-hydrogen) atoms. The molecule has 7 nitrogen and oxygen atoms in total. The third-order valence-electron chi connectivity index (χ3n) is 5.59. The second kappa shape index (κ2) is 10.8. The molecule has 1 aliphatic rings. The molecule has 2 N–H and O–H groups in total. The third kappa shape index (κ3) is 6.46. The van der Waals surface area contributed by atoms with Crippen LogP contribution in [0.15, 0.2) is 42.5 Å². The second-order valence-electron chi connectivity index (χ2n) is 7.94. The molecule has 166 valence electrons. The smallest absolute Gasteiger partial charge is 0.317 e. The van der Waals surface area contributed by atoms with E-state index in [2.05, 4.69) is 15.5 Å². The summed E-state index contributed by atoms with van der Waals surface area (Å²) in [5.41, 5.74) is 4.03. The van der Waals surface area contributed by atoms with Crippen molar-refractivity contribution in [3.63, 3.8) is 0 Å². The maximum absolute atomic E-state index is 12.6. The van der Waals surface area contributed by atoms with Crippen molar-refractivity contribution in [1.29, 1.82) is 0 Å². The minimum Gasteiger partial charge on any atom is -0.497 e. The van der Waals surface area contributed by atoms with Crippen molar-refractivity contribution < 1.29 is 14.3 Å². The number of aryl methyl sites for hydroxylation is 2. The molecule has 0 bridgehead atoms. The molecule has 3 rings (SSSR count).